The third kappa shape index (κ3) is 2.19. The standard InChI is InChI=1S/C12H13N3O2/c1-8-6-11(12(16)17)14-15(8)10-4-2-9(7-13)3-5-10/h2-6H,7,13H2,1H3,(H,16,17). The summed E-state index contributed by atoms with van der Waals surface area (Å²) in [6.07, 6.45) is 0. The van der Waals surface area contributed by atoms with Crippen molar-refractivity contribution >= 4 is 5.97 Å². The molecule has 0 unspecified atom stereocenters. The Hall–Kier alpha value is -2.14. The predicted octanol–water partition coefficient (Wildman–Crippen LogP) is 1.34. The molecule has 2 aromatic rings. The smallest absolute Gasteiger partial charge is 0.356 e. The van der Waals surface area contributed by atoms with Crippen LogP contribution in [0.25, 0.3) is 5.69 Å². The molecular formula is C12H13N3O2. The molecular weight excluding hydrogens is 218 g/mol. The summed E-state index contributed by atoms with van der Waals surface area (Å²) in [4.78, 5) is 10.8. The summed E-state index contributed by atoms with van der Waals surface area (Å²) in [5.74, 6) is -1.02. The van der Waals surface area contributed by atoms with E-state index in [1.165, 1.54) is 0 Å². The number of carbonyl (C=O) groups is 1. The third-order valence-electron chi connectivity index (χ3n) is 2.52. The quantitative estimate of drug-likeness (QED) is 0.835. The van der Waals surface area contributed by atoms with E-state index in [-0.39, 0.29) is 5.69 Å². The molecule has 0 aliphatic heterocycles. The molecule has 1 heterocycles. The Balaban J connectivity index is 2.41. The second-order valence-electron chi connectivity index (χ2n) is 3.76. The van der Waals surface area contributed by atoms with Crippen molar-refractivity contribution in [1.29, 1.82) is 0 Å². The van der Waals surface area contributed by atoms with Crippen LogP contribution in [0.5, 0.6) is 0 Å². The van der Waals surface area contributed by atoms with Crippen LogP contribution in [0.1, 0.15) is 21.7 Å². The summed E-state index contributed by atoms with van der Waals surface area (Å²) in [5, 5.41) is 12.9. The largest absolute Gasteiger partial charge is 0.476 e. The maximum Gasteiger partial charge on any atom is 0.356 e. The van der Waals surface area contributed by atoms with Gasteiger partial charge in [0.05, 0.1) is 5.69 Å². The van der Waals surface area contributed by atoms with Crippen LogP contribution in [0.2, 0.25) is 0 Å². The van der Waals surface area contributed by atoms with Gasteiger partial charge in [0, 0.05) is 12.2 Å². The topological polar surface area (TPSA) is 81.1 Å². The monoisotopic (exact) mass is 231 g/mol. The molecule has 0 bridgehead atoms. The number of aromatic nitrogens is 2. The highest BCUT2D eigenvalue weighted by Crippen LogP contribution is 2.13. The molecule has 0 amide bonds. The van der Waals surface area contributed by atoms with Crippen molar-refractivity contribution in [2.45, 2.75) is 13.5 Å². The Morgan fingerprint density at radius 1 is 1.41 bits per heavy atom. The number of aromatic carboxylic acids is 1. The van der Waals surface area contributed by atoms with E-state index in [1.54, 1.807) is 10.7 Å². The zero-order valence-corrected chi connectivity index (χ0v) is 9.42. The zero-order chi connectivity index (χ0) is 12.4. The van der Waals surface area contributed by atoms with E-state index in [1.807, 2.05) is 31.2 Å². The van der Waals surface area contributed by atoms with Crippen molar-refractivity contribution in [1.82, 2.24) is 9.78 Å². The molecule has 0 spiro atoms. The first-order valence-electron chi connectivity index (χ1n) is 5.21. The Morgan fingerprint density at radius 3 is 2.53 bits per heavy atom. The average molecular weight is 231 g/mol. The second kappa shape index (κ2) is 4.39. The summed E-state index contributed by atoms with van der Waals surface area (Å²) in [5.41, 5.74) is 8.19. The Morgan fingerprint density at radius 2 is 2.06 bits per heavy atom. The molecule has 0 aliphatic rings. The van der Waals surface area contributed by atoms with Crippen LogP contribution < -0.4 is 5.73 Å². The molecule has 0 radical (unpaired) electrons. The number of nitrogens with two attached hydrogens (primary N) is 1. The van der Waals surface area contributed by atoms with E-state index in [0.29, 0.717) is 6.54 Å². The highest BCUT2D eigenvalue weighted by molar-refractivity contribution is 5.85. The predicted molar refractivity (Wildman–Crippen MR) is 63.2 cm³/mol. The molecule has 88 valence electrons. The fourth-order valence-corrected chi connectivity index (χ4v) is 1.61. The maximum atomic E-state index is 10.8. The molecule has 0 fully saturated rings. The van der Waals surface area contributed by atoms with Crippen LogP contribution in [0.4, 0.5) is 0 Å². The van der Waals surface area contributed by atoms with Gasteiger partial charge in [0.25, 0.3) is 0 Å². The summed E-state index contributed by atoms with van der Waals surface area (Å²) < 4.78 is 1.60. The number of benzene rings is 1. The van der Waals surface area contributed by atoms with Gasteiger partial charge in [-0.05, 0) is 30.7 Å². The van der Waals surface area contributed by atoms with Gasteiger partial charge in [-0.3, -0.25) is 0 Å². The summed E-state index contributed by atoms with van der Waals surface area (Å²) in [6, 6.07) is 9.08. The fraction of sp³-hybridized carbons (Fsp3) is 0.167. The minimum Gasteiger partial charge on any atom is -0.476 e. The van der Waals surface area contributed by atoms with Crippen LogP contribution in [0, 0.1) is 6.92 Å². The van der Waals surface area contributed by atoms with E-state index >= 15 is 0 Å². The molecule has 0 saturated heterocycles. The van der Waals surface area contributed by atoms with Crippen LogP contribution in [0.15, 0.2) is 30.3 Å². The van der Waals surface area contributed by atoms with E-state index in [9.17, 15) is 4.79 Å². The molecule has 3 N–H and O–H groups in total. The van der Waals surface area contributed by atoms with Gasteiger partial charge in [-0.15, -0.1) is 0 Å². The Labute approximate surface area is 98.5 Å². The molecule has 5 nitrogen and oxygen atoms in total. The van der Waals surface area contributed by atoms with Crippen molar-refractivity contribution in [2.24, 2.45) is 5.73 Å². The van der Waals surface area contributed by atoms with Gasteiger partial charge in [-0.25, -0.2) is 9.48 Å². The lowest BCUT2D eigenvalue weighted by atomic mass is 10.2. The summed E-state index contributed by atoms with van der Waals surface area (Å²) in [7, 11) is 0. The van der Waals surface area contributed by atoms with Crippen molar-refractivity contribution in [2.75, 3.05) is 0 Å². The highest BCUT2D eigenvalue weighted by Gasteiger charge is 2.11. The van der Waals surface area contributed by atoms with Crippen LogP contribution >= 0.6 is 0 Å². The van der Waals surface area contributed by atoms with Gasteiger partial charge in [0.1, 0.15) is 0 Å². The first-order valence-corrected chi connectivity index (χ1v) is 5.21. The molecule has 1 aromatic carbocycles. The number of aryl methyl sites for hydroxylation is 1. The number of rotatable bonds is 3. The molecule has 5 heteroatoms. The van der Waals surface area contributed by atoms with Gasteiger partial charge in [-0.1, -0.05) is 12.1 Å². The van der Waals surface area contributed by atoms with Gasteiger partial charge < -0.3 is 10.8 Å². The lowest BCUT2D eigenvalue weighted by Crippen LogP contribution is -2.03. The molecule has 1 aromatic heterocycles. The SMILES string of the molecule is Cc1cc(C(=O)O)nn1-c1ccc(CN)cc1. The minimum absolute atomic E-state index is 0.0467. The van der Waals surface area contributed by atoms with Crippen molar-refractivity contribution in [3.05, 3.63) is 47.3 Å². The average Bonchev–Trinajstić information content (AvgIpc) is 2.72. The molecule has 0 saturated carbocycles. The van der Waals surface area contributed by atoms with Crippen LogP contribution in [-0.4, -0.2) is 20.9 Å². The molecule has 0 aliphatic carbocycles. The van der Waals surface area contributed by atoms with Crippen molar-refractivity contribution < 1.29 is 9.90 Å². The first kappa shape index (κ1) is 11.3. The lowest BCUT2D eigenvalue weighted by Gasteiger charge is -2.04. The lowest BCUT2D eigenvalue weighted by molar-refractivity contribution is 0.0690. The van der Waals surface area contributed by atoms with Crippen molar-refractivity contribution in [3.63, 3.8) is 0 Å². The number of hydrogen-bond acceptors (Lipinski definition) is 3. The fourth-order valence-electron chi connectivity index (χ4n) is 1.61. The minimum atomic E-state index is -1.02. The third-order valence-corrected chi connectivity index (χ3v) is 2.52. The molecule has 0 atom stereocenters. The number of nitrogens with zero attached hydrogens (tertiary/aromatic N) is 2. The summed E-state index contributed by atoms with van der Waals surface area (Å²) >= 11 is 0. The van der Waals surface area contributed by atoms with Crippen LogP contribution in [0.3, 0.4) is 0 Å². The number of hydrogen-bond donors (Lipinski definition) is 2. The maximum absolute atomic E-state index is 10.8. The van der Waals surface area contributed by atoms with E-state index in [4.69, 9.17) is 10.8 Å². The molecule has 17 heavy (non-hydrogen) atoms. The van der Waals surface area contributed by atoms with Gasteiger partial charge in [-0.2, -0.15) is 5.10 Å². The Kier molecular flexibility index (Phi) is 2.93. The zero-order valence-electron chi connectivity index (χ0n) is 9.42. The van der Waals surface area contributed by atoms with Gasteiger partial charge in [0.2, 0.25) is 0 Å². The second-order valence-corrected chi connectivity index (χ2v) is 3.76. The van der Waals surface area contributed by atoms with Gasteiger partial charge >= 0.3 is 5.97 Å². The summed E-state index contributed by atoms with van der Waals surface area (Å²) in [6.45, 7) is 2.30. The Bertz CT molecular complexity index is 543. The van der Waals surface area contributed by atoms with E-state index in [0.717, 1.165) is 16.9 Å². The van der Waals surface area contributed by atoms with E-state index in [2.05, 4.69) is 5.10 Å². The first-order chi connectivity index (χ1) is 8.11. The normalized spacial score (nSPS) is 10.5. The molecule has 2 rings (SSSR count). The number of carboxylic acid groups (broad SMARTS) is 1. The highest BCUT2D eigenvalue weighted by atomic mass is 16.4. The number of carboxylic acids is 1. The van der Waals surface area contributed by atoms with Gasteiger partial charge in [0.15, 0.2) is 5.69 Å². The van der Waals surface area contributed by atoms with Crippen molar-refractivity contribution in [3.8, 4) is 5.69 Å². The van der Waals surface area contributed by atoms with E-state index < -0.39 is 5.97 Å². The van der Waals surface area contributed by atoms with Crippen LogP contribution in [-0.2, 0) is 6.54 Å².